The third-order valence-corrected chi connectivity index (χ3v) is 9.95. The van der Waals surface area contributed by atoms with Gasteiger partial charge in [-0.15, -0.1) is 0 Å². The molecule has 2 aliphatic heterocycles. The van der Waals surface area contributed by atoms with Gasteiger partial charge in [-0.3, -0.25) is 19.2 Å². The molecule has 2 aliphatic rings. The molecule has 3 aromatic carbocycles. The number of imide groups is 1. The number of halogens is 3. The van der Waals surface area contributed by atoms with Crippen LogP contribution in [0.1, 0.15) is 39.2 Å². The van der Waals surface area contributed by atoms with Gasteiger partial charge in [0.05, 0.1) is 34.4 Å². The number of benzene rings is 3. The molecule has 1 aromatic heterocycles. The Morgan fingerprint density at radius 2 is 1.72 bits per heavy atom. The fourth-order valence-electron chi connectivity index (χ4n) is 5.54. The van der Waals surface area contributed by atoms with Gasteiger partial charge in [-0.1, -0.05) is 47.4 Å². The van der Waals surface area contributed by atoms with Gasteiger partial charge < -0.3 is 19.8 Å². The molecule has 0 unspecified atom stereocenters. The largest absolute Gasteiger partial charge is 0.483 e. The number of anilines is 2. The Hall–Kier alpha value is -4.89. The number of hydrogen-bond donors (Lipinski definition) is 2. The Bertz CT molecular complexity index is 1940. The quantitative estimate of drug-likeness (QED) is 0.185. The Balaban J connectivity index is 1.28. The summed E-state index contributed by atoms with van der Waals surface area (Å²) in [5.41, 5.74) is -0.0875. The lowest BCUT2D eigenvalue weighted by Crippen LogP contribution is -2.32. The average molecular weight is 684 g/mol. The van der Waals surface area contributed by atoms with Crippen molar-refractivity contribution in [2.45, 2.75) is 29.3 Å². The van der Waals surface area contributed by atoms with Crippen LogP contribution in [0.15, 0.2) is 82.6 Å². The third kappa shape index (κ3) is 6.27. The number of carbonyl (C=O) groups is 4. The predicted molar refractivity (Wildman–Crippen MR) is 167 cm³/mol. The van der Waals surface area contributed by atoms with E-state index < -0.39 is 64.0 Å². The van der Waals surface area contributed by atoms with Gasteiger partial charge in [0.2, 0.25) is 11.8 Å². The fraction of sp³-hybridized carbons (Fsp3) is 0.219. The van der Waals surface area contributed by atoms with Gasteiger partial charge in [0.1, 0.15) is 11.0 Å². The zero-order chi connectivity index (χ0) is 33.5. The monoisotopic (exact) mass is 683 g/mol. The summed E-state index contributed by atoms with van der Waals surface area (Å²) in [6.07, 6.45) is -4.69. The number of para-hydroxylation sites is 1. The molecule has 15 heteroatoms. The van der Waals surface area contributed by atoms with E-state index in [0.717, 1.165) is 46.2 Å². The maximum atomic E-state index is 14.0. The minimum atomic E-state index is -4.69. The highest BCUT2D eigenvalue weighted by molar-refractivity contribution is 8.00. The number of thioether (sulfide) groups is 1. The highest BCUT2D eigenvalue weighted by Gasteiger charge is 2.57. The van der Waals surface area contributed by atoms with E-state index in [1.807, 2.05) is 0 Å². The average Bonchev–Trinajstić information content (AvgIpc) is 3.54. The van der Waals surface area contributed by atoms with E-state index in [0.29, 0.717) is 26.7 Å². The maximum Gasteiger partial charge on any atom is 0.416 e. The van der Waals surface area contributed by atoms with Crippen LogP contribution in [-0.4, -0.2) is 47.1 Å². The van der Waals surface area contributed by atoms with Crippen molar-refractivity contribution in [1.29, 1.82) is 0 Å². The van der Waals surface area contributed by atoms with E-state index in [1.165, 1.54) is 30.3 Å². The SMILES string of the molecule is CCOC(=O)c1ccc(NC(=O)COc2ccccc2[C@@H]2c3sc(=O)[nH]c3S[C@H]3C(=O)N(c4cccc(C(F)(F)F)c4)C(=O)[C@@H]23)cc1. The number of carbonyl (C=O) groups excluding carboxylic acids is 4. The van der Waals surface area contributed by atoms with Crippen molar-refractivity contribution in [1.82, 2.24) is 4.98 Å². The molecule has 6 rings (SSSR count). The number of aromatic nitrogens is 1. The zero-order valence-electron chi connectivity index (χ0n) is 24.3. The Morgan fingerprint density at radius 3 is 2.45 bits per heavy atom. The number of nitrogens with zero attached hydrogens (tertiary/aromatic N) is 1. The molecular formula is C32H24F3N3O7S2. The molecule has 47 heavy (non-hydrogen) atoms. The lowest BCUT2D eigenvalue weighted by atomic mass is 9.82. The van der Waals surface area contributed by atoms with Gasteiger partial charge >= 0.3 is 17.0 Å². The highest BCUT2D eigenvalue weighted by Crippen LogP contribution is 2.54. The Kier molecular flexibility index (Phi) is 8.68. The number of thiazole rings is 1. The zero-order valence-corrected chi connectivity index (χ0v) is 26.0. The highest BCUT2D eigenvalue weighted by atomic mass is 32.2. The minimum Gasteiger partial charge on any atom is -0.483 e. The first-order valence-electron chi connectivity index (χ1n) is 14.2. The first-order valence-corrected chi connectivity index (χ1v) is 15.9. The Morgan fingerprint density at radius 1 is 0.979 bits per heavy atom. The third-order valence-electron chi connectivity index (χ3n) is 7.55. The normalized spacial score (nSPS) is 18.8. The van der Waals surface area contributed by atoms with Gasteiger partial charge in [-0.25, -0.2) is 9.69 Å². The van der Waals surface area contributed by atoms with Gasteiger partial charge in [0.15, 0.2) is 6.61 Å². The molecule has 1 fully saturated rings. The van der Waals surface area contributed by atoms with Crippen molar-refractivity contribution in [3.8, 4) is 5.75 Å². The number of esters is 1. The molecule has 3 amide bonds. The topological polar surface area (TPSA) is 135 Å². The molecule has 0 aliphatic carbocycles. The van der Waals surface area contributed by atoms with Crippen LogP contribution < -0.4 is 19.8 Å². The van der Waals surface area contributed by atoms with Gasteiger partial charge in [-0.05, 0) is 55.5 Å². The summed E-state index contributed by atoms with van der Waals surface area (Å²) in [6.45, 7) is 1.46. The van der Waals surface area contributed by atoms with Crippen molar-refractivity contribution < 1.29 is 41.8 Å². The number of alkyl halides is 3. The summed E-state index contributed by atoms with van der Waals surface area (Å²) >= 11 is 1.84. The van der Waals surface area contributed by atoms with Crippen LogP contribution >= 0.6 is 23.1 Å². The fourth-order valence-corrected chi connectivity index (χ4v) is 8.05. The smallest absolute Gasteiger partial charge is 0.416 e. The number of amides is 3. The molecule has 0 saturated carbocycles. The second kappa shape index (κ2) is 12.7. The molecule has 242 valence electrons. The number of nitrogens with one attached hydrogen (secondary N) is 2. The van der Waals surface area contributed by atoms with Gasteiger partial charge in [0.25, 0.3) is 5.91 Å². The molecule has 0 spiro atoms. The predicted octanol–water partition coefficient (Wildman–Crippen LogP) is 5.45. The van der Waals surface area contributed by atoms with Crippen LogP contribution in [0.25, 0.3) is 0 Å². The lowest BCUT2D eigenvalue weighted by Gasteiger charge is -2.30. The maximum absolute atomic E-state index is 14.0. The molecule has 0 radical (unpaired) electrons. The van der Waals surface area contributed by atoms with E-state index in [4.69, 9.17) is 9.47 Å². The van der Waals surface area contributed by atoms with E-state index in [9.17, 15) is 37.1 Å². The number of ether oxygens (including phenoxy) is 2. The molecule has 4 aromatic rings. The van der Waals surface area contributed by atoms with Crippen LogP contribution in [-0.2, 0) is 25.3 Å². The molecule has 1 saturated heterocycles. The van der Waals surface area contributed by atoms with Gasteiger partial charge in [0, 0.05) is 22.0 Å². The van der Waals surface area contributed by atoms with Crippen molar-refractivity contribution in [3.05, 3.63) is 104 Å². The summed E-state index contributed by atoms with van der Waals surface area (Å²) in [5, 5.41) is 1.99. The van der Waals surface area contributed by atoms with Crippen LogP contribution in [0.2, 0.25) is 0 Å². The summed E-state index contributed by atoms with van der Waals surface area (Å²) in [5.74, 6) is -4.22. The standard InChI is InChI=1S/C32H24F3N3O7S2/c1-2-44-30(42)16-10-12-18(13-11-16)36-22(39)15-45-21-9-4-3-8-20(21)23-24-26(46-27-25(23)47-31(43)37-27)29(41)38(28(24)40)19-7-5-6-17(14-19)32(33,34)35/h3-14,23-24,26H,2,15H2,1H3,(H,36,39)(H,37,43)/t23-,24-,26+/m0/s1. The first-order chi connectivity index (χ1) is 22.5. The summed E-state index contributed by atoms with van der Waals surface area (Å²) < 4.78 is 51.3. The summed E-state index contributed by atoms with van der Waals surface area (Å²) in [7, 11) is 0. The molecule has 10 nitrogen and oxygen atoms in total. The number of hydrogen-bond acceptors (Lipinski definition) is 9. The molecule has 3 atom stereocenters. The minimum absolute atomic E-state index is 0.209. The first kappa shape index (κ1) is 32.1. The van der Waals surface area contributed by atoms with Crippen molar-refractivity contribution >= 4 is 58.2 Å². The van der Waals surface area contributed by atoms with E-state index in [2.05, 4.69) is 10.3 Å². The summed E-state index contributed by atoms with van der Waals surface area (Å²) in [6, 6.07) is 16.6. The number of aromatic amines is 1. The summed E-state index contributed by atoms with van der Waals surface area (Å²) in [4.78, 5) is 68.3. The van der Waals surface area contributed by atoms with E-state index in [1.54, 1.807) is 31.2 Å². The molecule has 0 bridgehead atoms. The van der Waals surface area contributed by atoms with Crippen LogP contribution in [0, 0.1) is 5.92 Å². The number of rotatable bonds is 8. The van der Waals surface area contributed by atoms with Crippen LogP contribution in [0.3, 0.4) is 0 Å². The van der Waals surface area contributed by atoms with E-state index >= 15 is 0 Å². The number of H-pyrrole nitrogens is 1. The second-order valence-electron chi connectivity index (χ2n) is 10.5. The van der Waals surface area contributed by atoms with Gasteiger partial charge in [-0.2, -0.15) is 13.2 Å². The van der Waals surface area contributed by atoms with Crippen molar-refractivity contribution in [2.24, 2.45) is 5.92 Å². The van der Waals surface area contributed by atoms with Crippen molar-refractivity contribution in [2.75, 3.05) is 23.4 Å². The second-order valence-corrected chi connectivity index (χ2v) is 12.6. The number of fused-ring (bicyclic) bond motifs is 2. The van der Waals surface area contributed by atoms with Crippen LogP contribution in [0.5, 0.6) is 5.75 Å². The molecular weight excluding hydrogens is 659 g/mol. The Labute approximate surface area is 272 Å². The van der Waals surface area contributed by atoms with Crippen molar-refractivity contribution in [3.63, 3.8) is 0 Å². The molecule has 3 heterocycles. The van der Waals surface area contributed by atoms with Crippen LogP contribution in [0.4, 0.5) is 24.5 Å². The molecule has 2 N–H and O–H groups in total. The lowest BCUT2D eigenvalue weighted by molar-refractivity contribution is -0.137. The van der Waals surface area contributed by atoms with E-state index in [-0.39, 0.29) is 18.0 Å².